The number of nitrogens with two attached hydrogens (primary N) is 1. The summed E-state index contributed by atoms with van der Waals surface area (Å²) in [6.45, 7) is 5.47. The van der Waals surface area contributed by atoms with Crippen molar-refractivity contribution in [2.24, 2.45) is 5.92 Å². The summed E-state index contributed by atoms with van der Waals surface area (Å²) in [5, 5.41) is 3.76. The van der Waals surface area contributed by atoms with E-state index in [1.807, 2.05) is 14.0 Å². The highest BCUT2D eigenvalue weighted by Crippen LogP contribution is 2.47. The maximum atomic E-state index is 16.8. The van der Waals surface area contributed by atoms with E-state index in [1.54, 1.807) is 0 Å². The fourth-order valence-corrected chi connectivity index (χ4v) is 8.36. The van der Waals surface area contributed by atoms with E-state index in [0.717, 1.165) is 38.8 Å². The number of nitrogen functional groups attached to an aromatic ring is 1. The van der Waals surface area contributed by atoms with Crippen molar-refractivity contribution in [2.45, 2.75) is 69.1 Å². The minimum absolute atomic E-state index is 0.0422. The van der Waals surface area contributed by atoms with Gasteiger partial charge in [-0.15, -0.1) is 0 Å². The van der Waals surface area contributed by atoms with Crippen molar-refractivity contribution in [1.29, 1.82) is 0 Å². The Bertz CT molecular complexity index is 1760. The number of fused-ring (bicyclic) bond motifs is 6. The molecule has 0 saturated carbocycles. The van der Waals surface area contributed by atoms with Gasteiger partial charge in [-0.1, -0.05) is 0 Å². The molecule has 8 rings (SSSR count). The van der Waals surface area contributed by atoms with E-state index in [2.05, 4.69) is 25.1 Å². The van der Waals surface area contributed by atoms with Crippen LogP contribution in [0.3, 0.4) is 0 Å². The molecule has 5 aliphatic rings. The van der Waals surface area contributed by atoms with Crippen molar-refractivity contribution >= 4 is 22.4 Å². The third-order valence-electron chi connectivity index (χ3n) is 10.7. The zero-order valence-electron chi connectivity index (χ0n) is 25.5. The molecule has 0 amide bonds. The molecule has 1 aromatic carbocycles. The molecule has 0 spiro atoms. The summed E-state index contributed by atoms with van der Waals surface area (Å²) < 4.78 is 93.1. The first-order valence-corrected chi connectivity index (χ1v) is 15.6. The monoisotopic (exact) mass is 647 g/mol. The summed E-state index contributed by atoms with van der Waals surface area (Å²) in [4.78, 5) is 17.9. The fraction of sp³-hybridized carbons (Fsp3) is 0.581. The van der Waals surface area contributed by atoms with Crippen molar-refractivity contribution in [3.05, 3.63) is 28.8 Å². The summed E-state index contributed by atoms with van der Waals surface area (Å²) in [6, 6.07) is 0.627. The number of hydrogen-bond donors (Lipinski definition) is 2. The molecule has 6 atom stereocenters. The lowest BCUT2D eigenvalue weighted by molar-refractivity contribution is -0.137. The molecule has 0 radical (unpaired) electrons. The first-order chi connectivity index (χ1) is 21.9. The van der Waals surface area contributed by atoms with Gasteiger partial charge in [0.15, 0.2) is 5.82 Å². The van der Waals surface area contributed by atoms with E-state index in [9.17, 15) is 17.6 Å². The molecule has 3 N–H and O–H groups in total. The van der Waals surface area contributed by atoms with Crippen molar-refractivity contribution in [1.82, 2.24) is 25.2 Å². The first-order valence-electron chi connectivity index (χ1n) is 15.6. The highest BCUT2D eigenvalue weighted by molar-refractivity contribution is 5.97. The number of aromatic nitrogens is 3. The second-order valence-electron chi connectivity index (χ2n) is 13.3. The van der Waals surface area contributed by atoms with Gasteiger partial charge in [0.05, 0.1) is 36.0 Å². The Morgan fingerprint density at radius 2 is 1.96 bits per heavy atom. The number of benzene rings is 1. The molecule has 46 heavy (non-hydrogen) atoms. The normalized spacial score (nSPS) is 30.3. The van der Waals surface area contributed by atoms with Crippen LogP contribution >= 0.6 is 0 Å². The number of rotatable bonds is 4. The number of likely N-dealkylation sites (tertiary alicyclic amines) is 1. The first kappa shape index (κ1) is 29.8. The Kier molecular flexibility index (Phi) is 6.62. The highest BCUT2D eigenvalue weighted by atomic mass is 19.4. The van der Waals surface area contributed by atoms with Gasteiger partial charge in [0.2, 0.25) is 5.88 Å². The predicted molar refractivity (Wildman–Crippen MR) is 158 cm³/mol. The molecule has 7 heterocycles. The third-order valence-corrected chi connectivity index (χ3v) is 10.7. The lowest BCUT2D eigenvalue weighted by atomic mass is 9.89. The standard InChI is InChI=1S/C31H34F5N7O3/c1-13-21(31(34,35)36)17(8-18(37)22(13)32)24-23(33)25-20-27(41-29(40-25)45-12-30-11-44-10-15(30)6-7-42(30)3)43-9-16-4-5-19(38-16)26(43)14(2)46-28(20)39-24/h8,14-16,19,26,38H,4-7,9-12,37H2,1-3H3/t14-,15-,16+,19-,26+,30+/m0/s1. The van der Waals surface area contributed by atoms with Crippen molar-refractivity contribution < 1.29 is 36.2 Å². The van der Waals surface area contributed by atoms with Crippen LogP contribution in [0, 0.1) is 24.5 Å². The van der Waals surface area contributed by atoms with Crippen LogP contribution in [0.4, 0.5) is 33.5 Å². The van der Waals surface area contributed by atoms with Gasteiger partial charge in [-0.25, -0.2) is 13.8 Å². The second kappa shape index (κ2) is 10.2. The van der Waals surface area contributed by atoms with Gasteiger partial charge < -0.3 is 30.2 Å². The number of pyridine rings is 1. The largest absolute Gasteiger partial charge is 0.472 e. The van der Waals surface area contributed by atoms with Crippen LogP contribution in [0.25, 0.3) is 22.2 Å². The van der Waals surface area contributed by atoms with Gasteiger partial charge in [-0.3, -0.25) is 4.90 Å². The maximum absolute atomic E-state index is 16.8. The second-order valence-corrected chi connectivity index (χ2v) is 13.3. The topological polar surface area (TPSA) is 111 Å². The lowest BCUT2D eigenvalue weighted by Gasteiger charge is -2.42. The van der Waals surface area contributed by atoms with Crippen LogP contribution in [0.1, 0.15) is 37.3 Å². The number of likely N-dealkylation sites (N-methyl/N-ethyl adjacent to an activating group) is 1. The van der Waals surface area contributed by atoms with Crippen LogP contribution in [0.5, 0.6) is 11.9 Å². The maximum Gasteiger partial charge on any atom is 0.417 e. The summed E-state index contributed by atoms with van der Waals surface area (Å²) in [5.74, 6) is -1.89. The Hall–Kier alpha value is -3.56. The molecule has 4 saturated heterocycles. The molecule has 2 bridgehead atoms. The number of alkyl halides is 3. The minimum Gasteiger partial charge on any atom is -0.472 e. The Morgan fingerprint density at radius 3 is 2.74 bits per heavy atom. The van der Waals surface area contributed by atoms with Gasteiger partial charge in [0, 0.05) is 30.1 Å². The molecule has 246 valence electrons. The van der Waals surface area contributed by atoms with Crippen LogP contribution in [0.15, 0.2) is 6.07 Å². The van der Waals surface area contributed by atoms with Gasteiger partial charge in [0.25, 0.3) is 0 Å². The highest BCUT2D eigenvalue weighted by Gasteiger charge is 2.52. The number of anilines is 2. The van der Waals surface area contributed by atoms with Crippen LogP contribution in [-0.4, -0.2) is 89.6 Å². The number of ether oxygens (including phenoxy) is 3. The van der Waals surface area contributed by atoms with E-state index in [4.69, 9.17) is 24.9 Å². The van der Waals surface area contributed by atoms with E-state index in [0.29, 0.717) is 25.6 Å². The van der Waals surface area contributed by atoms with Crippen LogP contribution < -0.4 is 25.4 Å². The van der Waals surface area contributed by atoms with Crippen LogP contribution in [0.2, 0.25) is 0 Å². The number of nitrogens with one attached hydrogen (secondary N) is 1. The number of nitrogens with zero attached hydrogens (tertiary/aromatic N) is 5. The Morgan fingerprint density at radius 1 is 1.15 bits per heavy atom. The molecule has 0 unspecified atom stereocenters. The number of hydrogen-bond acceptors (Lipinski definition) is 10. The summed E-state index contributed by atoms with van der Waals surface area (Å²) in [5.41, 5.74) is 0.957. The van der Waals surface area contributed by atoms with Gasteiger partial charge in [0.1, 0.15) is 40.9 Å². The SMILES string of the molecule is Cc1c(F)c(N)cc(-c2nc3c4c(nc(OC[C@]56COC[C@@H]5CCN6C)nc4c2F)N2C[C@H]4CC[C@H](N4)[C@H]2[C@H](C)O3)c1C(F)(F)F. The van der Waals surface area contributed by atoms with Gasteiger partial charge in [-0.2, -0.15) is 23.1 Å². The van der Waals surface area contributed by atoms with E-state index in [-0.39, 0.29) is 53.4 Å². The van der Waals surface area contributed by atoms with Crippen molar-refractivity contribution in [3.63, 3.8) is 0 Å². The molecule has 10 nitrogen and oxygen atoms in total. The smallest absolute Gasteiger partial charge is 0.417 e. The minimum atomic E-state index is -5.04. The van der Waals surface area contributed by atoms with E-state index in [1.165, 1.54) is 0 Å². The van der Waals surface area contributed by atoms with Gasteiger partial charge >= 0.3 is 12.2 Å². The van der Waals surface area contributed by atoms with Crippen molar-refractivity contribution in [3.8, 4) is 23.1 Å². The van der Waals surface area contributed by atoms with E-state index >= 15 is 4.39 Å². The summed E-state index contributed by atoms with van der Waals surface area (Å²) >= 11 is 0. The average molecular weight is 648 g/mol. The van der Waals surface area contributed by atoms with Crippen molar-refractivity contribution in [2.75, 3.05) is 50.6 Å². The number of halogens is 5. The molecule has 0 aliphatic carbocycles. The van der Waals surface area contributed by atoms with Gasteiger partial charge in [-0.05, 0) is 58.3 Å². The zero-order chi connectivity index (χ0) is 32.3. The average Bonchev–Trinajstić information content (AvgIpc) is 3.66. The molecular formula is C31H34F5N7O3. The Labute approximate surface area is 261 Å². The molecule has 5 aliphatic heterocycles. The molecular weight excluding hydrogens is 613 g/mol. The predicted octanol–water partition coefficient (Wildman–Crippen LogP) is 4.07. The van der Waals surface area contributed by atoms with E-state index < -0.39 is 57.5 Å². The summed E-state index contributed by atoms with van der Waals surface area (Å²) in [7, 11) is 2.01. The molecule has 2 aromatic heterocycles. The molecule has 15 heteroatoms. The molecule has 3 aromatic rings. The third kappa shape index (κ3) is 4.27. The Balaban J connectivity index is 1.34. The number of piperazine rings is 1. The lowest BCUT2D eigenvalue weighted by Crippen LogP contribution is -2.62. The summed E-state index contributed by atoms with van der Waals surface area (Å²) in [6.07, 6.45) is -2.77. The zero-order valence-corrected chi connectivity index (χ0v) is 25.5. The van der Waals surface area contributed by atoms with Crippen LogP contribution in [-0.2, 0) is 10.9 Å². The fourth-order valence-electron chi connectivity index (χ4n) is 8.36. The molecule has 4 fully saturated rings. The quantitative estimate of drug-likeness (QED) is 0.318.